The number of carbonyl (C=O) groups excluding carboxylic acids is 1. The van der Waals surface area contributed by atoms with Crippen molar-refractivity contribution in [1.82, 2.24) is 0 Å². The molecule has 3 nitrogen and oxygen atoms in total. The topological polar surface area (TPSA) is 46.5 Å². The highest BCUT2D eigenvalue weighted by Crippen LogP contribution is 2.07. The lowest BCUT2D eigenvalue weighted by molar-refractivity contribution is -0.136. The van der Waals surface area contributed by atoms with Gasteiger partial charge in [0.25, 0.3) is 0 Å². The summed E-state index contributed by atoms with van der Waals surface area (Å²) in [7, 11) is 0. The molecule has 0 aromatic carbocycles. The standard InChI is InChI=1S/C8H12O3/c1-6(4-5-9)7(2)11-8(3)10/h4,9H,2,5H2,1,3H3/b6-4+. The molecule has 0 atom stereocenters. The van der Waals surface area contributed by atoms with Crippen LogP contribution < -0.4 is 0 Å². The molecule has 1 N–H and O–H groups in total. The first-order chi connectivity index (χ1) is 5.07. The van der Waals surface area contributed by atoms with E-state index in [4.69, 9.17) is 5.11 Å². The van der Waals surface area contributed by atoms with Crippen LogP contribution in [0.5, 0.6) is 0 Å². The maximum Gasteiger partial charge on any atom is 0.308 e. The minimum Gasteiger partial charge on any atom is -0.427 e. The monoisotopic (exact) mass is 156 g/mol. The van der Waals surface area contributed by atoms with E-state index in [9.17, 15) is 4.79 Å². The zero-order valence-electron chi connectivity index (χ0n) is 6.76. The molecule has 0 amide bonds. The first-order valence-electron chi connectivity index (χ1n) is 3.23. The average molecular weight is 156 g/mol. The number of ether oxygens (including phenoxy) is 1. The van der Waals surface area contributed by atoms with Crippen LogP contribution in [0.1, 0.15) is 13.8 Å². The number of carbonyl (C=O) groups is 1. The van der Waals surface area contributed by atoms with Gasteiger partial charge in [0.2, 0.25) is 0 Å². The van der Waals surface area contributed by atoms with Crippen LogP contribution in [-0.2, 0) is 9.53 Å². The Labute approximate surface area is 66.0 Å². The first-order valence-corrected chi connectivity index (χ1v) is 3.23. The normalized spacial score (nSPS) is 11.0. The van der Waals surface area contributed by atoms with Crippen LogP contribution >= 0.6 is 0 Å². The molecule has 3 heteroatoms. The molecule has 0 saturated heterocycles. The fourth-order valence-electron chi connectivity index (χ4n) is 0.505. The van der Waals surface area contributed by atoms with Gasteiger partial charge in [0.15, 0.2) is 0 Å². The number of aliphatic hydroxyl groups excluding tert-OH is 1. The quantitative estimate of drug-likeness (QED) is 0.376. The van der Waals surface area contributed by atoms with Crippen LogP contribution in [0.4, 0.5) is 0 Å². The smallest absolute Gasteiger partial charge is 0.308 e. The summed E-state index contributed by atoms with van der Waals surface area (Å²) in [4.78, 5) is 10.4. The van der Waals surface area contributed by atoms with Gasteiger partial charge in [0.1, 0.15) is 5.76 Å². The largest absolute Gasteiger partial charge is 0.427 e. The van der Waals surface area contributed by atoms with Crippen molar-refractivity contribution >= 4 is 5.97 Å². The molecule has 0 radical (unpaired) electrons. The summed E-state index contributed by atoms with van der Waals surface area (Å²) in [5, 5.41) is 8.46. The zero-order valence-corrected chi connectivity index (χ0v) is 6.76. The fraction of sp³-hybridized carbons (Fsp3) is 0.375. The summed E-state index contributed by atoms with van der Waals surface area (Å²) in [6.07, 6.45) is 1.52. The molecule has 0 aliphatic rings. The Balaban J connectivity index is 4.03. The van der Waals surface area contributed by atoms with E-state index < -0.39 is 5.97 Å². The van der Waals surface area contributed by atoms with Crippen molar-refractivity contribution in [3.8, 4) is 0 Å². The van der Waals surface area contributed by atoms with Gasteiger partial charge in [-0.05, 0) is 12.5 Å². The second kappa shape index (κ2) is 4.68. The molecule has 0 heterocycles. The average Bonchev–Trinajstić information content (AvgIpc) is 1.86. The molecule has 0 saturated carbocycles. The minimum atomic E-state index is -0.402. The lowest BCUT2D eigenvalue weighted by atomic mass is 10.2. The Morgan fingerprint density at radius 2 is 2.18 bits per heavy atom. The predicted molar refractivity (Wildman–Crippen MR) is 41.7 cm³/mol. The second-order valence-corrected chi connectivity index (χ2v) is 2.09. The van der Waals surface area contributed by atoms with Gasteiger partial charge in [-0.1, -0.05) is 12.7 Å². The summed E-state index contributed by atoms with van der Waals surface area (Å²) >= 11 is 0. The number of rotatable bonds is 3. The highest BCUT2D eigenvalue weighted by atomic mass is 16.5. The van der Waals surface area contributed by atoms with E-state index in [0.29, 0.717) is 5.57 Å². The Morgan fingerprint density at radius 1 is 1.64 bits per heavy atom. The number of aliphatic hydroxyl groups is 1. The second-order valence-electron chi connectivity index (χ2n) is 2.09. The van der Waals surface area contributed by atoms with Crippen molar-refractivity contribution in [2.24, 2.45) is 0 Å². The van der Waals surface area contributed by atoms with Crippen molar-refractivity contribution in [3.05, 3.63) is 24.0 Å². The summed E-state index contributed by atoms with van der Waals surface area (Å²) in [5.41, 5.74) is 0.669. The first kappa shape index (κ1) is 9.91. The third kappa shape index (κ3) is 4.33. The Hall–Kier alpha value is -1.09. The Kier molecular flexibility index (Phi) is 4.22. The van der Waals surface area contributed by atoms with Crippen molar-refractivity contribution in [2.45, 2.75) is 13.8 Å². The lowest BCUT2D eigenvalue weighted by Crippen LogP contribution is -1.99. The van der Waals surface area contributed by atoms with E-state index in [1.807, 2.05) is 0 Å². The van der Waals surface area contributed by atoms with Crippen molar-refractivity contribution < 1.29 is 14.6 Å². The molecule has 0 fully saturated rings. The molecule has 62 valence electrons. The third-order valence-electron chi connectivity index (χ3n) is 1.10. The highest BCUT2D eigenvalue weighted by Gasteiger charge is 1.99. The number of hydrogen-bond donors (Lipinski definition) is 1. The molecular formula is C8H12O3. The van der Waals surface area contributed by atoms with Crippen LogP contribution in [0, 0.1) is 0 Å². The SMILES string of the molecule is C=C(OC(C)=O)/C(C)=C/CO. The predicted octanol–water partition coefficient (Wildman–Crippen LogP) is 1.00. The van der Waals surface area contributed by atoms with Crippen LogP contribution in [0.2, 0.25) is 0 Å². The van der Waals surface area contributed by atoms with Gasteiger partial charge in [-0.25, -0.2) is 0 Å². The Morgan fingerprint density at radius 3 is 2.55 bits per heavy atom. The van der Waals surface area contributed by atoms with Gasteiger partial charge in [-0.2, -0.15) is 0 Å². The van der Waals surface area contributed by atoms with E-state index in [-0.39, 0.29) is 12.4 Å². The summed E-state index contributed by atoms with van der Waals surface area (Å²) in [6.45, 7) is 6.43. The molecule has 0 spiro atoms. The molecule has 0 unspecified atom stereocenters. The van der Waals surface area contributed by atoms with E-state index in [0.717, 1.165) is 0 Å². The van der Waals surface area contributed by atoms with Crippen molar-refractivity contribution in [3.63, 3.8) is 0 Å². The molecule has 0 aliphatic carbocycles. The molecule has 0 aromatic rings. The van der Waals surface area contributed by atoms with Crippen molar-refractivity contribution in [2.75, 3.05) is 6.61 Å². The number of esters is 1. The van der Waals surface area contributed by atoms with Gasteiger partial charge in [-0.3, -0.25) is 4.79 Å². The van der Waals surface area contributed by atoms with Crippen LogP contribution in [0.25, 0.3) is 0 Å². The van der Waals surface area contributed by atoms with Gasteiger partial charge in [0.05, 0.1) is 6.61 Å². The van der Waals surface area contributed by atoms with E-state index in [1.165, 1.54) is 13.0 Å². The van der Waals surface area contributed by atoms with E-state index in [1.54, 1.807) is 6.92 Å². The van der Waals surface area contributed by atoms with Crippen LogP contribution in [0.3, 0.4) is 0 Å². The summed E-state index contributed by atoms with van der Waals surface area (Å²) < 4.78 is 4.65. The summed E-state index contributed by atoms with van der Waals surface area (Å²) in [6, 6.07) is 0. The summed E-state index contributed by atoms with van der Waals surface area (Å²) in [5.74, 6) is -0.118. The molecule has 0 bridgehead atoms. The highest BCUT2D eigenvalue weighted by molar-refractivity contribution is 5.67. The molecule has 0 rings (SSSR count). The van der Waals surface area contributed by atoms with Gasteiger partial charge in [0, 0.05) is 6.92 Å². The Bertz CT molecular complexity index is 192. The van der Waals surface area contributed by atoms with Crippen LogP contribution in [0.15, 0.2) is 24.0 Å². The molecule has 0 aromatic heterocycles. The third-order valence-corrected chi connectivity index (χ3v) is 1.10. The zero-order chi connectivity index (χ0) is 8.85. The molecule has 0 aliphatic heterocycles. The lowest BCUT2D eigenvalue weighted by Gasteiger charge is -2.03. The maximum atomic E-state index is 10.4. The maximum absolute atomic E-state index is 10.4. The van der Waals surface area contributed by atoms with Gasteiger partial charge >= 0.3 is 5.97 Å². The van der Waals surface area contributed by atoms with Gasteiger partial charge in [-0.15, -0.1) is 0 Å². The fourth-order valence-corrected chi connectivity index (χ4v) is 0.505. The van der Waals surface area contributed by atoms with E-state index in [2.05, 4.69) is 11.3 Å². The molecular weight excluding hydrogens is 144 g/mol. The number of allylic oxidation sites excluding steroid dienone is 1. The molecule has 11 heavy (non-hydrogen) atoms. The van der Waals surface area contributed by atoms with Crippen LogP contribution in [-0.4, -0.2) is 17.7 Å². The van der Waals surface area contributed by atoms with Crippen molar-refractivity contribution in [1.29, 1.82) is 0 Å². The number of hydrogen-bond acceptors (Lipinski definition) is 3. The minimum absolute atomic E-state index is 0.0773. The van der Waals surface area contributed by atoms with Gasteiger partial charge < -0.3 is 9.84 Å². The van der Waals surface area contributed by atoms with E-state index >= 15 is 0 Å².